The van der Waals surface area contributed by atoms with Gasteiger partial charge in [0.2, 0.25) is 5.91 Å². The molecule has 1 aliphatic carbocycles. The standard InChI is InChI=1S/C33H37N3O4/c1-6-35(7-2)24-14-12-22(13-15-24)33-32-28(34-27-10-8-9-11-29(27)36(33)21(3)37)18-23(19-30(32)38)26-17-16-25(39-4)20-31(26)40-5/h8-17,20,23,33-34H,6-7,18-19H2,1-5H3. The maximum Gasteiger partial charge on any atom is 0.224 e. The molecule has 3 aromatic carbocycles. The smallest absolute Gasteiger partial charge is 0.224 e. The highest BCUT2D eigenvalue weighted by molar-refractivity contribution is 6.06. The molecule has 1 heterocycles. The monoisotopic (exact) mass is 539 g/mol. The Morgan fingerprint density at radius 1 is 0.975 bits per heavy atom. The van der Waals surface area contributed by atoms with E-state index >= 15 is 0 Å². The molecule has 0 aromatic heterocycles. The van der Waals surface area contributed by atoms with Gasteiger partial charge in [-0.2, -0.15) is 0 Å². The fourth-order valence-electron chi connectivity index (χ4n) is 6.09. The number of fused-ring (bicyclic) bond motifs is 1. The number of rotatable bonds is 7. The van der Waals surface area contributed by atoms with E-state index in [1.54, 1.807) is 26.0 Å². The van der Waals surface area contributed by atoms with Crippen LogP contribution in [0.5, 0.6) is 11.5 Å². The SMILES string of the molecule is CCN(CC)c1ccc(C2C3=C(CC(c4ccc(OC)cc4OC)CC3=O)Nc3ccccc3N2C(C)=O)cc1. The molecule has 1 N–H and O–H groups in total. The number of Topliss-reactive ketones (excluding diaryl/α,β-unsaturated/α-hetero) is 1. The maximum atomic E-state index is 14.1. The topological polar surface area (TPSA) is 71.1 Å². The molecule has 0 spiro atoms. The summed E-state index contributed by atoms with van der Waals surface area (Å²) >= 11 is 0. The first-order valence-corrected chi connectivity index (χ1v) is 13.9. The average Bonchev–Trinajstić information content (AvgIpc) is 3.12. The van der Waals surface area contributed by atoms with Crippen molar-refractivity contribution in [2.45, 2.75) is 45.6 Å². The Morgan fingerprint density at radius 3 is 2.35 bits per heavy atom. The third-order valence-corrected chi connectivity index (χ3v) is 8.05. The van der Waals surface area contributed by atoms with E-state index in [1.165, 1.54) is 0 Å². The van der Waals surface area contributed by atoms with Crippen LogP contribution in [0.15, 0.2) is 78.0 Å². The molecular weight excluding hydrogens is 502 g/mol. The molecule has 5 rings (SSSR count). The van der Waals surface area contributed by atoms with Crippen LogP contribution in [-0.4, -0.2) is 39.0 Å². The molecule has 1 aliphatic heterocycles. The molecule has 0 radical (unpaired) electrons. The zero-order valence-electron chi connectivity index (χ0n) is 23.9. The molecule has 40 heavy (non-hydrogen) atoms. The molecule has 0 saturated heterocycles. The average molecular weight is 540 g/mol. The molecule has 7 heteroatoms. The fourth-order valence-corrected chi connectivity index (χ4v) is 6.09. The fraction of sp³-hybridized carbons (Fsp3) is 0.333. The number of nitrogens with one attached hydrogen (secondary N) is 1. The summed E-state index contributed by atoms with van der Waals surface area (Å²) in [6.07, 6.45) is 0.928. The molecule has 0 saturated carbocycles. The molecule has 7 nitrogen and oxygen atoms in total. The van der Waals surface area contributed by atoms with Gasteiger partial charge in [0.1, 0.15) is 11.5 Å². The van der Waals surface area contributed by atoms with Gasteiger partial charge in [-0.25, -0.2) is 0 Å². The summed E-state index contributed by atoms with van der Waals surface area (Å²) < 4.78 is 11.1. The van der Waals surface area contributed by atoms with Crippen molar-refractivity contribution in [3.63, 3.8) is 0 Å². The van der Waals surface area contributed by atoms with Crippen LogP contribution >= 0.6 is 0 Å². The number of carbonyl (C=O) groups excluding carboxylic acids is 2. The van der Waals surface area contributed by atoms with Crippen LogP contribution in [0.1, 0.15) is 56.7 Å². The number of benzene rings is 3. The Balaban J connectivity index is 1.65. The van der Waals surface area contributed by atoms with Gasteiger partial charge in [-0.05, 0) is 61.7 Å². The van der Waals surface area contributed by atoms with Gasteiger partial charge in [0.05, 0.1) is 31.6 Å². The molecule has 2 unspecified atom stereocenters. The number of para-hydroxylation sites is 2. The number of nitrogens with zero attached hydrogens (tertiary/aromatic N) is 2. The van der Waals surface area contributed by atoms with Gasteiger partial charge in [-0.15, -0.1) is 0 Å². The Kier molecular flexibility index (Phi) is 7.83. The summed E-state index contributed by atoms with van der Waals surface area (Å²) in [5.41, 5.74) is 6.04. The van der Waals surface area contributed by atoms with Crippen LogP contribution in [0.3, 0.4) is 0 Å². The molecule has 2 atom stereocenters. The lowest BCUT2D eigenvalue weighted by Crippen LogP contribution is -2.37. The van der Waals surface area contributed by atoms with E-state index in [0.717, 1.165) is 47.0 Å². The molecule has 3 aromatic rings. The van der Waals surface area contributed by atoms with Crippen LogP contribution in [0.4, 0.5) is 17.1 Å². The van der Waals surface area contributed by atoms with Crippen molar-refractivity contribution in [1.82, 2.24) is 0 Å². The van der Waals surface area contributed by atoms with Crippen molar-refractivity contribution in [2.75, 3.05) is 42.4 Å². The number of ketones is 1. The van der Waals surface area contributed by atoms with Crippen molar-refractivity contribution in [2.24, 2.45) is 0 Å². The second kappa shape index (κ2) is 11.5. The Bertz CT molecular complexity index is 1440. The highest BCUT2D eigenvalue weighted by Gasteiger charge is 2.41. The highest BCUT2D eigenvalue weighted by atomic mass is 16.5. The number of allylic oxidation sites excluding steroid dienone is 1. The Hall–Kier alpha value is -4.26. The summed E-state index contributed by atoms with van der Waals surface area (Å²) in [5.74, 6) is 1.22. The lowest BCUT2D eigenvalue weighted by Gasteiger charge is -2.35. The third-order valence-electron chi connectivity index (χ3n) is 8.05. The number of carbonyl (C=O) groups is 2. The van der Waals surface area contributed by atoms with Crippen molar-refractivity contribution in [1.29, 1.82) is 0 Å². The van der Waals surface area contributed by atoms with E-state index in [0.29, 0.717) is 29.9 Å². The zero-order chi connectivity index (χ0) is 28.4. The van der Waals surface area contributed by atoms with E-state index in [-0.39, 0.29) is 17.6 Å². The summed E-state index contributed by atoms with van der Waals surface area (Å²) in [6.45, 7) is 7.64. The molecular formula is C33H37N3O4. The Labute approximate surface area is 236 Å². The van der Waals surface area contributed by atoms with Gasteiger partial charge in [0.25, 0.3) is 0 Å². The predicted molar refractivity (Wildman–Crippen MR) is 160 cm³/mol. The van der Waals surface area contributed by atoms with Gasteiger partial charge in [-0.1, -0.05) is 30.3 Å². The van der Waals surface area contributed by atoms with Gasteiger partial charge in [-0.3, -0.25) is 14.5 Å². The number of methoxy groups -OCH3 is 2. The molecule has 0 fully saturated rings. The minimum atomic E-state index is -0.541. The van der Waals surface area contributed by atoms with E-state index < -0.39 is 6.04 Å². The second-order valence-corrected chi connectivity index (χ2v) is 10.2. The molecule has 0 bridgehead atoms. The first-order chi connectivity index (χ1) is 19.4. The summed E-state index contributed by atoms with van der Waals surface area (Å²) in [7, 11) is 3.26. The first-order valence-electron chi connectivity index (χ1n) is 13.9. The minimum absolute atomic E-state index is 0.0218. The predicted octanol–water partition coefficient (Wildman–Crippen LogP) is 6.47. The van der Waals surface area contributed by atoms with Crippen LogP contribution in [0.25, 0.3) is 0 Å². The van der Waals surface area contributed by atoms with Crippen molar-refractivity contribution < 1.29 is 19.1 Å². The normalized spacial score (nSPS) is 18.3. The maximum absolute atomic E-state index is 14.1. The van der Waals surface area contributed by atoms with Gasteiger partial charge in [0, 0.05) is 55.4 Å². The van der Waals surface area contributed by atoms with Crippen LogP contribution in [0, 0.1) is 0 Å². The second-order valence-electron chi connectivity index (χ2n) is 10.2. The van der Waals surface area contributed by atoms with E-state index in [9.17, 15) is 9.59 Å². The van der Waals surface area contributed by atoms with Crippen LogP contribution in [-0.2, 0) is 9.59 Å². The van der Waals surface area contributed by atoms with Crippen molar-refractivity contribution >= 4 is 28.8 Å². The van der Waals surface area contributed by atoms with Crippen LogP contribution in [0.2, 0.25) is 0 Å². The number of anilines is 3. The van der Waals surface area contributed by atoms with E-state index in [4.69, 9.17) is 9.47 Å². The van der Waals surface area contributed by atoms with Gasteiger partial charge >= 0.3 is 0 Å². The molecule has 1 amide bonds. The molecule has 208 valence electrons. The zero-order valence-corrected chi connectivity index (χ0v) is 23.9. The quantitative estimate of drug-likeness (QED) is 0.371. The van der Waals surface area contributed by atoms with Gasteiger partial charge in [0.15, 0.2) is 5.78 Å². The lowest BCUT2D eigenvalue weighted by atomic mass is 9.78. The number of hydrogen-bond donors (Lipinski definition) is 1. The van der Waals surface area contributed by atoms with Crippen molar-refractivity contribution in [3.8, 4) is 11.5 Å². The number of hydrogen-bond acceptors (Lipinski definition) is 6. The number of amides is 1. The largest absolute Gasteiger partial charge is 0.497 e. The highest BCUT2D eigenvalue weighted by Crippen LogP contribution is 2.48. The van der Waals surface area contributed by atoms with Crippen LogP contribution < -0.4 is 24.6 Å². The third kappa shape index (κ3) is 4.92. The summed E-state index contributed by atoms with van der Waals surface area (Å²) in [5, 5.41) is 3.58. The minimum Gasteiger partial charge on any atom is -0.497 e. The van der Waals surface area contributed by atoms with E-state index in [2.05, 4.69) is 48.3 Å². The number of ether oxygens (including phenoxy) is 2. The lowest BCUT2D eigenvalue weighted by molar-refractivity contribution is -0.117. The molecule has 2 aliphatic rings. The van der Waals surface area contributed by atoms with Crippen molar-refractivity contribution in [3.05, 3.63) is 89.1 Å². The first kappa shape index (κ1) is 27.3. The summed E-state index contributed by atoms with van der Waals surface area (Å²) in [4.78, 5) is 31.5. The summed E-state index contributed by atoms with van der Waals surface area (Å²) in [6, 6.07) is 21.3. The van der Waals surface area contributed by atoms with E-state index in [1.807, 2.05) is 42.5 Å². The Morgan fingerprint density at radius 2 is 1.70 bits per heavy atom. The van der Waals surface area contributed by atoms with Gasteiger partial charge < -0.3 is 19.7 Å².